The van der Waals surface area contributed by atoms with E-state index in [1.54, 1.807) is 30.3 Å². The van der Waals surface area contributed by atoms with Crippen LogP contribution in [0.3, 0.4) is 0 Å². The largest absolute Gasteiger partial charge is 0.469 e. The monoisotopic (exact) mass is 371 g/mol. The number of furan rings is 1. The lowest BCUT2D eigenvalue weighted by Crippen LogP contribution is -2.30. The maximum atomic E-state index is 12.7. The Kier molecular flexibility index (Phi) is 5.28. The molecule has 0 aliphatic rings. The molecule has 0 radical (unpaired) electrons. The highest BCUT2D eigenvalue weighted by molar-refractivity contribution is 6.31. The number of ether oxygens (including phenoxy) is 1. The van der Waals surface area contributed by atoms with Gasteiger partial charge in [-0.05, 0) is 36.8 Å². The van der Waals surface area contributed by atoms with Crippen LogP contribution < -0.4 is 5.32 Å². The van der Waals surface area contributed by atoms with Gasteiger partial charge in [0.15, 0.2) is 5.76 Å². The van der Waals surface area contributed by atoms with Crippen molar-refractivity contribution >= 4 is 34.4 Å². The molecule has 3 aromatic rings. The van der Waals surface area contributed by atoms with Crippen LogP contribution in [-0.2, 0) is 9.53 Å². The van der Waals surface area contributed by atoms with E-state index in [1.807, 2.05) is 25.1 Å². The Morgan fingerprint density at radius 3 is 2.69 bits per heavy atom. The lowest BCUT2D eigenvalue weighted by atomic mass is 10.0. The highest BCUT2D eigenvalue weighted by Gasteiger charge is 2.23. The third-order valence-electron chi connectivity index (χ3n) is 4.08. The molecular formula is C20H18ClNO4. The molecule has 5 nitrogen and oxygen atoms in total. The van der Waals surface area contributed by atoms with Gasteiger partial charge < -0.3 is 14.5 Å². The molecule has 0 spiro atoms. The van der Waals surface area contributed by atoms with Crippen molar-refractivity contribution in [2.45, 2.75) is 19.4 Å². The van der Waals surface area contributed by atoms with E-state index in [0.717, 1.165) is 10.9 Å². The number of amides is 1. The molecule has 0 saturated heterocycles. The Morgan fingerprint density at radius 2 is 1.96 bits per heavy atom. The second-order valence-corrected chi connectivity index (χ2v) is 6.39. The topological polar surface area (TPSA) is 68.5 Å². The van der Waals surface area contributed by atoms with Crippen molar-refractivity contribution in [1.82, 2.24) is 5.32 Å². The summed E-state index contributed by atoms with van der Waals surface area (Å²) >= 11 is 6.23. The predicted molar refractivity (Wildman–Crippen MR) is 99.2 cm³/mol. The second-order valence-electron chi connectivity index (χ2n) is 5.98. The first kappa shape index (κ1) is 18.0. The molecule has 1 aromatic heterocycles. The summed E-state index contributed by atoms with van der Waals surface area (Å²) in [5, 5.41) is 4.12. The van der Waals surface area contributed by atoms with Crippen LogP contribution in [0.2, 0.25) is 5.02 Å². The second kappa shape index (κ2) is 7.62. The van der Waals surface area contributed by atoms with Gasteiger partial charge in [0, 0.05) is 10.4 Å². The van der Waals surface area contributed by atoms with Crippen molar-refractivity contribution in [3.8, 4) is 0 Å². The van der Waals surface area contributed by atoms with Gasteiger partial charge in [0.25, 0.3) is 5.91 Å². The Hall–Kier alpha value is -2.79. The van der Waals surface area contributed by atoms with Crippen LogP contribution >= 0.6 is 11.6 Å². The molecule has 0 aliphatic heterocycles. The standard InChI is InChI=1S/C20H18ClNO4/c1-12-7-8-17-13(9-12)10-18(26-17)20(24)22-16(11-19(23)25-2)14-5-3-4-6-15(14)21/h3-10,16H,11H2,1-2H3,(H,22,24). The van der Waals surface area contributed by atoms with Gasteiger partial charge in [0.05, 0.1) is 19.6 Å². The molecular weight excluding hydrogens is 354 g/mol. The zero-order chi connectivity index (χ0) is 18.7. The van der Waals surface area contributed by atoms with Gasteiger partial charge in [-0.1, -0.05) is 41.4 Å². The Morgan fingerprint density at radius 1 is 1.19 bits per heavy atom. The van der Waals surface area contributed by atoms with Crippen LogP contribution in [0.15, 0.2) is 52.9 Å². The lowest BCUT2D eigenvalue weighted by molar-refractivity contribution is -0.141. The summed E-state index contributed by atoms with van der Waals surface area (Å²) in [7, 11) is 1.30. The molecule has 6 heteroatoms. The van der Waals surface area contributed by atoms with E-state index in [4.69, 9.17) is 20.8 Å². The molecule has 1 atom stereocenters. The minimum atomic E-state index is -0.626. The molecule has 3 rings (SSSR count). The average Bonchev–Trinajstić information content (AvgIpc) is 3.04. The quantitative estimate of drug-likeness (QED) is 0.674. The van der Waals surface area contributed by atoms with Gasteiger partial charge in [-0.2, -0.15) is 0 Å². The molecule has 1 amide bonds. The summed E-state index contributed by atoms with van der Waals surface area (Å²) in [5.41, 5.74) is 2.34. The number of benzene rings is 2. The SMILES string of the molecule is COC(=O)CC(NC(=O)c1cc2cc(C)ccc2o1)c1ccccc1Cl. The Labute approximate surface area is 155 Å². The number of carbonyl (C=O) groups excluding carboxylic acids is 2. The molecule has 0 bridgehead atoms. The van der Waals surface area contributed by atoms with Crippen molar-refractivity contribution in [2.24, 2.45) is 0 Å². The number of hydrogen-bond acceptors (Lipinski definition) is 4. The fraction of sp³-hybridized carbons (Fsp3) is 0.200. The first-order valence-electron chi connectivity index (χ1n) is 8.10. The van der Waals surface area contributed by atoms with E-state index in [9.17, 15) is 9.59 Å². The molecule has 0 fully saturated rings. The van der Waals surface area contributed by atoms with Gasteiger partial charge in [-0.15, -0.1) is 0 Å². The minimum Gasteiger partial charge on any atom is -0.469 e. The number of carbonyl (C=O) groups is 2. The molecule has 1 N–H and O–H groups in total. The fourth-order valence-electron chi connectivity index (χ4n) is 2.75. The van der Waals surface area contributed by atoms with Gasteiger partial charge in [0.1, 0.15) is 5.58 Å². The zero-order valence-corrected chi connectivity index (χ0v) is 15.2. The van der Waals surface area contributed by atoms with Crippen molar-refractivity contribution in [3.63, 3.8) is 0 Å². The summed E-state index contributed by atoms with van der Waals surface area (Å²) in [4.78, 5) is 24.4. The summed E-state index contributed by atoms with van der Waals surface area (Å²) in [6.45, 7) is 1.97. The smallest absolute Gasteiger partial charge is 0.307 e. The molecule has 0 aliphatic carbocycles. The number of methoxy groups -OCH3 is 1. The first-order chi connectivity index (χ1) is 12.5. The van der Waals surface area contributed by atoms with Crippen molar-refractivity contribution in [3.05, 3.63) is 70.4 Å². The van der Waals surface area contributed by atoms with Crippen molar-refractivity contribution < 1.29 is 18.7 Å². The van der Waals surface area contributed by atoms with Crippen molar-refractivity contribution in [1.29, 1.82) is 0 Å². The van der Waals surface area contributed by atoms with E-state index in [0.29, 0.717) is 16.2 Å². The number of esters is 1. The van der Waals surface area contributed by atoms with Crippen molar-refractivity contribution in [2.75, 3.05) is 7.11 Å². The summed E-state index contributed by atoms with van der Waals surface area (Å²) in [5.74, 6) is -0.698. The van der Waals surface area contributed by atoms with E-state index >= 15 is 0 Å². The number of aryl methyl sites for hydroxylation is 1. The van der Waals surface area contributed by atoms with Gasteiger partial charge in [0.2, 0.25) is 0 Å². The van der Waals surface area contributed by atoms with Gasteiger partial charge in [-0.3, -0.25) is 9.59 Å². The van der Waals surface area contributed by atoms with E-state index in [-0.39, 0.29) is 12.2 Å². The fourth-order valence-corrected chi connectivity index (χ4v) is 3.02. The molecule has 26 heavy (non-hydrogen) atoms. The van der Waals surface area contributed by atoms with Crippen LogP contribution in [0.25, 0.3) is 11.0 Å². The average molecular weight is 372 g/mol. The maximum Gasteiger partial charge on any atom is 0.307 e. The molecule has 1 unspecified atom stereocenters. The Bertz CT molecular complexity index is 963. The number of nitrogens with one attached hydrogen (secondary N) is 1. The minimum absolute atomic E-state index is 0.0364. The highest BCUT2D eigenvalue weighted by atomic mass is 35.5. The van der Waals surface area contributed by atoms with Crippen LogP contribution in [-0.4, -0.2) is 19.0 Å². The first-order valence-corrected chi connectivity index (χ1v) is 8.48. The predicted octanol–water partition coefficient (Wildman–Crippen LogP) is 4.43. The molecule has 1 heterocycles. The zero-order valence-electron chi connectivity index (χ0n) is 14.4. The van der Waals surface area contributed by atoms with Crippen LogP contribution in [0, 0.1) is 6.92 Å². The van der Waals surface area contributed by atoms with Gasteiger partial charge in [-0.25, -0.2) is 0 Å². The van der Waals surface area contributed by atoms with Crippen LogP contribution in [0.1, 0.15) is 34.1 Å². The third kappa shape index (κ3) is 3.89. The maximum absolute atomic E-state index is 12.7. The van der Waals surface area contributed by atoms with E-state index in [1.165, 1.54) is 7.11 Å². The van der Waals surface area contributed by atoms with E-state index < -0.39 is 17.9 Å². The number of halogens is 1. The lowest BCUT2D eigenvalue weighted by Gasteiger charge is -2.18. The Balaban J connectivity index is 1.88. The molecule has 0 saturated carbocycles. The number of hydrogen-bond donors (Lipinski definition) is 1. The third-order valence-corrected chi connectivity index (χ3v) is 4.42. The summed E-state index contributed by atoms with van der Waals surface area (Å²) < 4.78 is 10.4. The van der Waals surface area contributed by atoms with E-state index in [2.05, 4.69) is 5.32 Å². The van der Waals surface area contributed by atoms with Crippen LogP contribution in [0.4, 0.5) is 0 Å². The summed E-state index contributed by atoms with van der Waals surface area (Å²) in [6.07, 6.45) is -0.0364. The number of fused-ring (bicyclic) bond motifs is 1. The summed E-state index contributed by atoms with van der Waals surface area (Å²) in [6, 6.07) is 13.8. The van der Waals surface area contributed by atoms with Crippen LogP contribution in [0.5, 0.6) is 0 Å². The molecule has 134 valence electrons. The normalized spacial score (nSPS) is 12.0. The molecule has 2 aromatic carbocycles. The van der Waals surface area contributed by atoms with Gasteiger partial charge >= 0.3 is 5.97 Å². The highest BCUT2D eigenvalue weighted by Crippen LogP contribution is 2.27. The number of rotatable bonds is 5.